The first kappa shape index (κ1) is 12.6. The number of nitrogens with zero attached hydrogens (tertiary/aromatic N) is 3. The molecule has 0 saturated carbocycles. The summed E-state index contributed by atoms with van der Waals surface area (Å²) < 4.78 is 13.3. The van der Waals surface area contributed by atoms with Crippen molar-refractivity contribution in [2.24, 2.45) is 0 Å². The summed E-state index contributed by atoms with van der Waals surface area (Å²) in [6.07, 6.45) is 1.73. The Morgan fingerprint density at radius 3 is 2.55 bits per heavy atom. The van der Waals surface area contributed by atoms with E-state index >= 15 is 0 Å². The van der Waals surface area contributed by atoms with E-state index in [0.717, 1.165) is 11.4 Å². The molecule has 4 nitrogen and oxygen atoms in total. The van der Waals surface area contributed by atoms with E-state index in [1.807, 2.05) is 36.4 Å². The van der Waals surface area contributed by atoms with Crippen molar-refractivity contribution in [3.63, 3.8) is 0 Å². The molecule has 4 aromatic rings. The monoisotopic (exact) mass is 290 g/mol. The summed E-state index contributed by atoms with van der Waals surface area (Å²) in [6.45, 7) is 0. The Morgan fingerprint density at radius 2 is 1.68 bits per heavy atom. The number of H-pyrrole nitrogens is 1. The molecule has 0 aliphatic carbocycles. The molecular weight excluding hydrogens is 279 g/mol. The molecule has 0 fully saturated rings. The average molecular weight is 290 g/mol. The van der Waals surface area contributed by atoms with Gasteiger partial charge in [-0.2, -0.15) is 0 Å². The van der Waals surface area contributed by atoms with Crippen molar-refractivity contribution in [1.29, 1.82) is 0 Å². The molecule has 1 N–H and O–H groups in total. The van der Waals surface area contributed by atoms with Crippen LogP contribution in [0, 0.1) is 5.82 Å². The van der Waals surface area contributed by atoms with Gasteiger partial charge in [0.1, 0.15) is 11.5 Å². The summed E-state index contributed by atoms with van der Waals surface area (Å²) in [6, 6.07) is 15.8. The molecule has 0 bridgehead atoms. The van der Waals surface area contributed by atoms with Crippen LogP contribution in [0.5, 0.6) is 0 Å². The first-order chi connectivity index (χ1) is 10.8. The molecule has 0 amide bonds. The van der Waals surface area contributed by atoms with Crippen molar-refractivity contribution in [2.45, 2.75) is 0 Å². The number of hydrogen-bond acceptors (Lipinski definition) is 3. The quantitative estimate of drug-likeness (QED) is 0.610. The molecule has 5 heteroatoms. The largest absolute Gasteiger partial charge is 0.337 e. The third-order valence-electron chi connectivity index (χ3n) is 3.36. The van der Waals surface area contributed by atoms with Crippen LogP contribution in [0.25, 0.3) is 33.9 Å². The Hall–Kier alpha value is -3.08. The number of fused-ring (bicyclic) bond motifs is 1. The van der Waals surface area contributed by atoms with Crippen molar-refractivity contribution < 1.29 is 4.39 Å². The third-order valence-corrected chi connectivity index (χ3v) is 3.36. The number of aromatic amines is 1. The lowest BCUT2D eigenvalue weighted by Crippen LogP contribution is -1.90. The summed E-state index contributed by atoms with van der Waals surface area (Å²) in [7, 11) is 0. The lowest BCUT2D eigenvalue weighted by atomic mass is 10.2. The number of hydrogen-bond donors (Lipinski definition) is 1. The molecule has 0 unspecified atom stereocenters. The van der Waals surface area contributed by atoms with Crippen molar-refractivity contribution in [3.05, 3.63) is 66.6 Å². The smallest absolute Gasteiger partial charge is 0.157 e. The van der Waals surface area contributed by atoms with Gasteiger partial charge in [-0.1, -0.05) is 12.1 Å². The molecule has 3 aromatic heterocycles. The summed E-state index contributed by atoms with van der Waals surface area (Å²) >= 11 is 0. The normalized spacial score (nSPS) is 11.0. The van der Waals surface area contributed by atoms with Gasteiger partial charge in [-0.3, -0.25) is 4.98 Å². The van der Waals surface area contributed by atoms with Gasteiger partial charge in [0.15, 0.2) is 5.82 Å². The van der Waals surface area contributed by atoms with Crippen LogP contribution in [0.2, 0.25) is 0 Å². The number of halogens is 1. The summed E-state index contributed by atoms with van der Waals surface area (Å²) in [5.74, 6) is 0.316. The van der Waals surface area contributed by atoms with Gasteiger partial charge in [-0.05, 0) is 42.5 Å². The van der Waals surface area contributed by atoms with Gasteiger partial charge >= 0.3 is 0 Å². The van der Waals surface area contributed by atoms with Crippen LogP contribution < -0.4 is 0 Å². The highest BCUT2D eigenvalue weighted by Crippen LogP contribution is 2.22. The van der Waals surface area contributed by atoms with Crippen LogP contribution in [0.4, 0.5) is 4.39 Å². The van der Waals surface area contributed by atoms with E-state index < -0.39 is 0 Å². The second-order valence-corrected chi connectivity index (χ2v) is 4.87. The van der Waals surface area contributed by atoms with Crippen molar-refractivity contribution in [2.75, 3.05) is 0 Å². The van der Waals surface area contributed by atoms with E-state index in [0.29, 0.717) is 22.6 Å². The van der Waals surface area contributed by atoms with Gasteiger partial charge in [0.05, 0.1) is 22.4 Å². The number of imidazole rings is 1. The number of pyridine rings is 2. The van der Waals surface area contributed by atoms with Crippen molar-refractivity contribution >= 4 is 11.0 Å². The third kappa shape index (κ3) is 2.22. The Morgan fingerprint density at radius 1 is 0.818 bits per heavy atom. The van der Waals surface area contributed by atoms with Crippen LogP contribution in [0.15, 0.2) is 60.8 Å². The van der Waals surface area contributed by atoms with Crippen molar-refractivity contribution in [1.82, 2.24) is 19.9 Å². The zero-order valence-corrected chi connectivity index (χ0v) is 11.5. The van der Waals surface area contributed by atoms with Crippen LogP contribution in [-0.2, 0) is 0 Å². The molecule has 4 rings (SSSR count). The number of nitrogens with one attached hydrogen (secondary N) is 1. The van der Waals surface area contributed by atoms with Gasteiger partial charge in [0.25, 0.3) is 0 Å². The second kappa shape index (κ2) is 5.04. The zero-order chi connectivity index (χ0) is 14.9. The minimum absolute atomic E-state index is 0.294. The van der Waals surface area contributed by atoms with Gasteiger partial charge in [-0.15, -0.1) is 0 Å². The number of aromatic nitrogens is 4. The highest BCUT2D eigenvalue weighted by Gasteiger charge is 2.09. The molecule has 1 aromatic carbocycles. The topological polar surface area (TPSA) is 54.5 Å². The zero-order valence-electron chi connectivity index (χ0n) is 11.5. The van der Waals surface area contributed by atoms with Crippen LogP contribution in [-0.4, -0.2) is 19.9 Å². The van der Waals surface area contributed by atoms with E-state index in [-0.39, 0.29) is 5.82 Å². The SMILES string of the molecule is Fc1ccc2nc(-c3cccc(-c4ccccn4)n3)[nH]c2c1. The van der Waals surface area contributed by atoms with Crippen LogP contribution >= 0.6 is 0 Å². The fourth-order valence-corrected chi connectivity index (χ4v) is 2.33. The van der Waals surface area contributed by atoms with Gasteiger partial charge in [-0.25, -0.2) is 14.4 Å². The lowest BCUT2D eigenvalue weighted by Gasteiger charge is -2.01. The highest BCUT2D eigenvalue weighted by atomic mass is 19.1. The second-order valence-electron chi connectivity index (χ2n) is 4.87. The minimum atomic E-state index is -0.294. The predicted octanol–water partition coefficient (Wildman–Crippen LogP) is 3.83. The molecule has 0 saturated heterocycles. The van der Waals surface area contributed by atoms with E-state index in [1.165, 1.54) is 12.1 Å². The summed E-state index contributed by atoms with van der Waals surface area (Å²) in [4.78, 5) is 16.4. The Kier molecular flexibility index (Phi) is 2.89. The van der Waals surface area contributed by atoms with E-state index in [1.54, 1.807) is 12.3 Å². The number of benzene rings is 1. The van der Waals surface area contributed by atoms with E-state index in [9.17, 15) is 4.39 Å². The minimum Gasteiger partial charge on any atom is -0.337 e. The molecule has 0 spiro atoms. The molecule has 106 valence electrons. The fourth-order valence-electron chi connectivity index (χ4n) is 2.33. The fraction of sp³-hybridized carbons (Fsp3) is 0. The first-order valence-corrected chi connectivity index (χ1v) is 6.84. The van der Waals surface area contributed by atoms with E-state index in [2.05, 4.69) is 19.9 Å². The number of rotatable bonds is 2. The van der Waals surface area contributed by atoms with Crippen LogP contribution in [0.1, 0.15) is 0 Å². The van der Waals surface area contributed by atoms with E-state index in [4.69, 9.17) is 0 Å². The highest BCUT2D eigenvalue weighted by molar-refractivity contribution is 5.79. The van der Waals surface area contributed by atoms with Gasteiger partial charge in [0.2, 0.25) is 0 Å². The Bertz CT molecular complexity index is 947. The average Bonchev–Trinajstić information content (AvgIpc) is 2.99. The summed E-state index contributed by atoms with van der Waals surface area (Å²) in [5, 5.41) is 0. The van der Waals surface area contributed by atoms with Gasteiger partial charge in [0, 0.05) is 6.20 Å². The maximum absolute atomic E-state index is 13.3. The van der Waals surface area contributed by atoms with Crippen LogP contribution in [0.3, 0.4) is 0 Å². The standard InChI is InChI=1S/C17H11FN4/c18-11-7-8-14-16(10-11)22-17(21-14)15-6-3-5-13(20-15)12-4-1-2-9-19-12/h1-10H,(H,21,22). The first-order valence-electron chi connectivity index (χ1n) is 6.84. The summed E-state index contributed by atoms with van der Waals surface area (Å²) in [5.41, 5.74) is 3.62. The van der Waals surface area contributed by atoms with Crippen molar-refractivity contribution in [3.8, 4) is 22.9 Å². The molecule has 3 heterocycles. The molecular formula is C17H11FN4. The molecule has 0 aliphatic heterocycles. The van der Waals surface area contributed by atoms with Gasteiger partial charge < -0.3 is 4.98 Å². The molecule has 0 radical (unpaired) electrons. The molecule has 0 atom stereocenters. The predicted molar refractivity (Wildman–Crippen MR) is 82.5 cm³/mol. The molecule has 22 heavy (non-hydrogen) atoms. The lowest BCUT2D eigenvalue weighted by molar-refractivity contribution is 0.629. The molecule has 0 aliphatic rings. The maximum atomic E-state index is 13.3. The maximum Gasteiger partial charge on any atom is 0.157 e. The Labute approximate surface area is 125 Å². The Balaban J connectivity index is 1.81.